The lowest BCUT2D eigenvalue weighted by Gasteiger charge is -2.28. The zero-order chi connectivity index (χ0) is 12.3. The van der Waals surface area contributed by atoms with Gasteiger partial charge in [0.2, 0.25) is 5.91 Å². The number of carbonyl (C=O) groups excluding carboxylic acids is 1. The Labute approximate surface area is 104 Å². The second-order valence-electron chi connectivity index (χ2n) is 4.14. The molecule has 2 atom stereocenters. The van der Waals surface area contributed by atoms with Crippen LogP contribution in [0.3, 0.4) is 0 Å². The highest BCUT2D eigenvalue weighted by molar-refractivity contribution is 9.10. The zero-order valence-corrected chi connectivity index (χ0v) is 11.3. The number of nitrogens with zero attached hydrogens (tertiary/aromatic N) is 2. The van der Waals surface area contributed by atoms with Crippen molar-refractivity contribution >= 4 is 21.8 Å². The standard InChI is InChI=1S/C10H17BrN4O/c1-7(15-6-8(11)5-14-15)4-10(2,13-3)9(12)16/h5-7,13H,4H2,1-3H3,(H2,12,16). The molecule has 0 fully saturated rings. The average molecular weight is 289 g/mol. The van der Waals surface area contributed by atoms with Crippen molar-refractivity contribution in [1.82, 2.24) is 15.1 Å². The molecule has 90 valence electrons. The van der Waals surface area contributed by atoms with Crippen LogP contribution in [0.15, 0.2) is 16.9 Å². The first kappa shape index (κ1) is 13.2. The normalized spacial score (nSPS) is 16.8. The summed E-state index contributed by atoms with van der Waals surface area (Å²) in [5.41, 5.74) is 4.66. The van der Waals surface area contributed by atoms with Crippen molar-refractivity contribution in [2.45, 2.75) is 31.8 Å². The minimum atomic E-state index is -0.710. The van der Waals surface area contributed by atoms with Crippen LogP contribution in [0.1, 0.15) is 26.3 Å². The third-order valence-corrected chi connectivity index (χ3v) is 3.23. The van der Waals surface area contributed by atoms with E-state index >= 15 is 0 Å². The lowest BCUT2D eigenvalue weighted by Crippen LogP contribution is -2.52. The molecule has 0 spiro atoms. The van der Waals surface area contributed by atoms with Crippen LogP contribution in [0.5, 0.6) is 0 Å². The number of halogens is 1. The highest BCUT2D eigenvalue weighted by atomic mass is 79.9. The molecule has 1 rings (SSSR count). The Bertz CT molecular complexity index is 379. The zero-order valence-electron chi connectivity index (χ0n) is 9.70. The number of hydrogen-bond acceptors (Lipinski definition) is 3. The molecule has 1 aromatic rings. The number of carbonyl (C=O) groups is 1. The minimum Gasteiger partial charge on any atom is -0.368 e. The second kappa shape index (κ2) is 4.97. The Morgan fingerprint density at radius 2 is 2.44 bits per heavy atom. The molecule has 0 aliphatic rings. The van der Waals surface area contributed by atoms with Crippen molar-refractivity contribution in [2.24, 2.45) is 5.73 Å². The monoisotopic (exact) mass is 288 g/mol. The van der Waals surface area contributed by atoms with E-state index in [1.807, 2.05) is 17.8 Å². The minimum absolute atomic E-state index is 0.0937. The summed E-state index contributed by atoms with van der Waals surface area (Å²) in [6, 6.07) is 0.0937. The molecule has 6 heteroatoms. The molecular formula is C10H17BrN4O. The SMILES string of the molecule is CNC(C)(CC(C)n1cc(Br)cn1)C(N)=O. The smallest absolute Gasteiger partial charge is 0.237 e. The van der Waals surface area contributed by atoms with Crippen LogP contribution >= 0.6 is 15.9 Å². The van der Waals surface area contributed by atoms with Crippen LogP contribution in [0, 0.1) is 0 Å². The van der Waals surface area contributed by atoms with Gasteiger partial charge in [0.1, 0.15) is 0 Å². The number of primary amides is 1. The summed E-state index contributed by atoms with van der Waals surface area (Å²) in [7, 11) is 1.73. The van der Waals surface area contributed by atoms with Crippen molar-refractivity contribution in [1.29, 1.82) is 0 Å². The summed E-state index contributed by atoms with van der Waals surface area (Å²) in [6.07, 6.45) is 4.19. The van der Waals surface area contributed by atoms with E-state index in [1.54, 1.807) is 20.2 Å². The van der Waals surface area contributed by atoms with E-state index < -0.39 is 5.54 Å². The third-order valence-electron chi connectivity index (χ3n) is 2.82. The fraction of sp³-hybridized carbons (Fsp3) is 0.600. The number of rotatable bonds is 5. The van der Waals surface area contributed by atoms with Gasteiger partial charge in [0.05, 0.1) is 22.3 Å². The van der Waals surface area contributed by atoms with Crippen LogP contribution in [0.4, 0.5) is 0 Å². The number of aromatic nitrogens is 2. The van der Waals surface area contributed by atoms with Gasteiger partial charge in [-0.1, -0.05) is 0 Å². The van der Waals surface area contributed by atoms with E-state index in [9.17, 15) is 4.79 Å². The van der Waals surface area contributed by atoms with E-state index in [0.717, 1.165) is 4.47 Å². The molecule has 0 aliphatic carbocycles. The molecule has 0 aliphatic heterocycles. The maximum absolute atomic E-state index is 11.3. The Morgan fingerprint density at radius 3 is 2.81 bits per heavy atom. The maximum Gasteiger partial charge on any atom is 0.237 e. The maximum atomic E-state index is 11.3. The van der Waals surface area contributed by atoms with Crippen LogP contribution < -0.4 is 11.1 Å². The summed E-state index contributed by atoms with van der Waals surface area (Å²) in [4.78, 5) is 11.3. The van der Waals surface area contributed by atoms with E-state index in [1.165, 1.54) is 0 Å². The van der Waals surface area contributed by atoms with Crippen molar-refractivity contribution in [2.75, 3.05) is 7.05 Å². The fourth-order valence-corrected chi connectivity index (χ4v) is 1.87. The average Bonchev–Trinajstić information content (AvgIpc) is 2.64. The van der Waals surface area contributed by atoms with Gasteiger partial charge >= 0.3 is 0 Å². The highest BCUT2D eigenvalue weighted by Crippen LogP contribution is 2.21. The summed E-state index contributed by atoms with van der Waals surface area (Å²) in [6.45, 7) is 3.79. The van der Waals surface area contributed by atoms with Crippen molar-refractivity contribution in [3.63, 3.8) is 0 Å². The number of amides is 1. The van der Waals surface area contributed by atoms with Gasteiger partial charge in [0.25, 0.3) is 0 Å². The summed E-state index contributed by atoms with van der Waals surface area (Å²) >= 11 is 3.34. The Morgan fingerprint density at radius 1 is 1.81 bits per heavy atom. The predicted octanol–water partition coefficient (Wildman–Crippen LogP) is 1.06. The van der Waals surface area contributed by atoms with E-state index in [2.05, 4.69) is 26.3 Å². The van der Waals surface area contributed by atoms with Gasteiger partial charge in [-0.05, 0) is 43.2 Å². The van der Waals surface area contributed by atoms with Crippen LogP contribution in [-0.2, 0) is 4.79 Å². The lowest BCUT2D eigenvalue weighted by molar-refractivity contribution is -0.124. The van der Waals surface area contributed by atoms with Crippen LogP contribution in [-0.4, -0.2) is 28.3 Å². The molecule has 1 aromatic heterocycles. The molecule has 5 nitrogen and oxygen atoms in total. The predicted molar refractivity (Wildman–Crippen MR) is 65.9 cm³/mol. The molecule has 0 bridgehead atoms. The quantitative estimate of drug-likeness (QED) is 0.851. The van der Waals surface area contributed by atoms with Gasteiger partial charge in [0, 0.05) is 6.20 Å². The summed E-state index contributed by atoms with van der Waals surface area (Å²) in [5.74, 6) is -0.354. The third kappa shape index (κ3) is 2.82. The van der Waals surface area contributed by atoms with Gasteiger partial charge in [-0.2, -0.15) is 5.10 Å². The van der Waals surface area contributed by atoms with Crippen molar-refractivity contribution in [3.05, 3.63) is 16.9 Å². The summed E-state index contributed by atoms with van der Waals surface area (Å²) < 4.78 is 2.73. The first-order valence-corrected chi connectivity index (χ1v) is 5.87. The summed E-state index contributed by atoms with van der Waals surface area (Å²) in [5, 5.41) is 7.14. The lowest BCUT2D eigenvalue weighted by atomic mass is 9.93. The van der Waals surface area contributed by atoms with Gasteiger partial charge in [-0.3, -0.25) is 9.48 Å². The number of hydrogen-bond donors (Lipinski definition) is 2. The van der Waals surface area contributed by atoms with Gasteiger partial charge in [-0.25, -0.2) is 0 Å². The highest BCUT2D eigenvalue weighted by Gasteiger charge is 2.31. The molecule has 16 heavy (non-hydrogen) atoms. The first-order valence-electron chi connectivity index (χ1n) is 5.07. The van der Waals surface area contributed by atoms with Gasteiger partial charge < -0.3 is 11.1 Å². The molecule has 1 heterocycles. The largest absolute Gasteiger partial charge is 0.368 e. The number of nitrogens with one attached hydrogen (secondary N) is 1. The van der Waals surface area contributed by atoms with Crippen molar-refractivity contribution in [3.8, 4) is 0 Å². The molecule has 2 unspecified atom stereocenters. The van der Waals surface area contributed by atoms with Crippen LogP contribution in [0.25, 0.3) is 0 Å². The Balaban J connectivity index is 2.77. The molecular weight excluding hydrogens is 272 g/mol. The van der Waals surface area contributed by atoms with Crippen LogP contribution in [0.2, 0.25) is 0 Å². The van der Waals surface area contributed by atoms with E-state index in [0.29, 0.717) is 6.42 Å². The Hall–Kier alpha value is -0.880. The van der Waals surface area contributed by atoms with Crippen molar-refractivity contribution < 1.29 is 4.79 Å². The Kier molecular flexibility index (Phi) is 4.09. The van der Waals surface area contributed by atoms with E-state index in [-0.39, 0.29) is 11.9 Å². The second-order valence-corrected chi connectivity index (χ2v) is 5.05. The molecule has 1 amide bonds. The number of likely N-dealkylation sites (N-methyl/N-ethyl adjacent to an activating group) is 1. The number of nitrogens with two attached hydrogens (primary N) is 1. The molecule has 0 aromatic carbocycles. The fourth-order valence-electron chi connectivity index (χ4n) is 1.57. The van der Waals surface area contributed by atoms with E-state index in [4.69, 9.17) is 5.73 Å². The molecule has 0 saturated heterocycles. The molecule has 0 radical (unpaired) electrons. The first-order chi connectivity index (χ1) is 7.39. The molecule has 0 saturated carbocycles. The molecule has 3 N–H and O–H groups in total. The van der Waals surface area contributed by atoms with Gasteiger partial charge in [0.15, 0.2) is 0 Å². The topological polar surface area (TPSA) is 72.9 Å². The van der Waals surface area contributed by atoms with Gasteiger partial charge in [-0.15, -0.1) is 0 Å².